The molecule has 0 atom stereocenters. The van der Waals surface area contributed by atoms with Crippen molar-refractivity contribution in [2.75, 3.05) is 13.2 Å². The van der Waals surface area contributed by atoms with Gasteiger partial charge in [0.15, 0.2) is 6.61 Å². The van der Waals surface area contributed by atoms with Crippen LogP contribution in [0.1, 0.15) is 24.0 Å². The number of nitrogens with one attached hydrogen (secondary N) is 1. The number of hydrogen-bond donors (Lipinski definition) is 2. The Kier molecular flexibility index (Phi) is 4.82. The zero-order valence-electron chi connectivity index (χ0n) is 11.0. The van der Waals surface area contributed by atoms with E-state index in [1.165, 1.54) is 0 Å². The lowest BCUT2D eigenvalue weighted by Crippen LogP contribution is -2.30. The van der Waals surface area contributed by atoms with Crippen molar-refractivity contribution in [2.24, 2.45) is 5.73 Å². The van der Waals surface area contributed by atoms with Gasteiger partial charge in [0, 0.05) is 10.5 Å². The van der Waals surface area contributed by atoms with Gasteiger partial charge in [-0.1, -0.05) is 15.9 Å². The first-order chi connectivity index (χ1) is 9.10. The Morgan fingerprint density at radius 2 is 2.26 bits per heavy atom. The van der Waals surface area contributed by atoms with Crippen molar-refractivity contribution in [1.82, 2.24) is 5.32 Å². The standard InChI is InChI=1S/C14H19BrN2O2/c1-9-6-11(15)7-10(4-5-16)14(9)19-8-13(18)17-12-2-3-12/h6-7,12H,2-5,8,16H2,1H3,(H,17,18). The average molecular weight is 327 g/mol. The largest absolute Gasteiger partial charge is 0.483 e. The molecule has 1 aliphatic rings. The van der Waals surface area contributed by atoms with Crippen LogP contribution in [0.3, 0.4) is 0 Å². The first-order valence-corrected chi connectivity index (χ1v) is 7.30. The van der Waals surface area contributed by atoms with Crippen LogP contribution in [0.5, 0.6) is 5.75 Å². The molecule has 0 saturated heterocycles. The SMILES string of the molecule is Cc1cc(Br)cc(CCN)c1OCC(=O)NC1CC1. The van der Waals surface area contributed by atoms with E-state index in [-0.39, 0.29) is 12.5 Å². The number of carbonyl (C=O) groups is 1. The molecular weight excluding hydrogens is 308 g/mol. The molecule has 4 nitrogen and oxygen atoms in total. The summed E-state index contributed by atoms with van der Waals surface area (Å²) in [5.41, 5.74) is 7.66. The second-order valence-electron chi connectivity index (χ2n) is 4.88. The van der Waals surface area contributed by atoms with Gasteiger partial charge >= 0.3 is 0 Å². The fourth-order valence-electron chi connectivity index (χ4n) is 1.98. The summed E-state index contributed by atoms with van der Waals surface area (Å²) in [5, 5.41) is 2.91. The van der Waals surface area contributed by atoms with E-state index >= 15 is 0 Å². The van der Waals surface area contributed by atoms with E-state index in [4.69, 9.17) is 10.5 Å². The molecule has 0 aliphatic heterocycles. The molecule has 1 fully saturated rings. The summed E-state index contributed by atoms with van der Waals surface area (Å²) in [7, 11) is 0. The predicted molar refractivity (Wildman–Crippen MR) is 78.3 cm³/mol. The number of nitrogens with two attached hydrogens (primary N) is 1. The topological polar surface area (TPSA) is 64.3 Å². The molecule has 3 N–H and O–H groups in total. The van der Waals surface area contributed by atoms with Crippen LogP contribution in [0.4, 0.5) is 0 Å². The highest BCUT2D eigenvalue weighted by molar-refractivity contribution is 9.10. The Morgan fingerprint density at radius 3 is 2.89 bits per heavy atom. The molecule has 5 heteroatoms. The van der Waals surface area contributed by atoms with Gasteiger partial charge in [0.05, 0.1) is 0 Å². The van der Waals surface area contributed by atoms with Gasteiger partial charge in [-0.15, -0.1) is 0 Å². The van der Waals surface area contributed by atoms with E-state index in [2.05, 4.69) is 21.2 Å². The maximum absolute atomic E-state index is 11.6. The molecule has 0 bridgehead atoms. The van der Waals surface area contributed by atoms with E-state index in [1.54, 1.807) is 0 Å². The van der Waals surface area contributed by atoms with E-state index in [1.807, 2.05) is 19.1 Å². The number of rotatable bonds is 6. The van der Waals surface area contributed by atoms with Crippen LogP contribution in [0.15, 0.2) is 16.6 Å². The lowest BCUT2D eigenvalue weighted by atomic mass is 10.1. The number of carbonyl (C=O) groups excluding carboxylic acids is 1. The van der Waals surface area contributed by atoms with Crippen molar-refractivity contribution in [2.45, 2.75) is 32.2 Å². The predicted octanol–water partition coefficient (Wildman–Crippen LogP) is 1.92. The maximum Gasteiger partial charge on any atom is 0.258 e. The molecule has 0 heterocycles. The molecule has 104 valence electrons. The first-order valence-electron chi connectivity index (χ1n) is 6.51. The quantitative estimate of drug-likeness (QED) is 0.839. The lowest BCUT2D eigenvalue weighted by Gasteiger charge is -2.14. The van der Waals surface area contributed by atoms with Crippen LogP contribution in [-0.4, -0.2) is 25.1 Å². The summed E-state index contributed by atoms with van der Waals surface area (Å²) < 4.78 is 6.68. The van der Waals surface area contributed by atoms with Crippen molar-refractivity contribution in [3.8, 4) is 5.75 Å². The Morgan fingerprint density at radius 1 is 1.53 bits per heavy atom. The van der Waals surface area contributed by atoms with Gasteiger partial charge in [-0.3, -0.25) is 4.79 Å². The highest BCUT2D eigenvalue weighted by Crippen LogP contribution is 2.28. The number of amides is 1. The summed E-state index contributed by atoms with van der Waals surface area (Å²) in [4.78, 5) is 11.6. The van der Waals surface area contributed by atoms with Crippen LogP contribution in [0.2, 0.25) is 0 Å². The van der Waals surface area contributed by atoms with Crippen LogP contribution in [-0.2, 0) is 11.2 Å². The lowest BCUT2D eigenvalue weighted by molar-refractivity contribution is -0.123. The number of benzene rings is 1. The average Bonchev–Trinajstić information content (AvgIpc) is 3.12. The van der Waals surface area contributed by atoms with Crippen molar-refractivity contribution in [3.05, 3.63) is 27.7 Å². The van der Waals surface area contributed by atoms with Crippen molar-refractivity contribution in [3.63, 3.8) is 0 Å². The number of halogens is 1. The molecular formula is C14H19BrN2O2. The third kappa shape index (κ3) is 4.21. The second-order valence-corrected chi connectivity index (χ2v) is 5.80. The minimum Gasteiger partial charge on any atom is -0.483 e. The molecule has 1 aromatic carbocycles. The summed E-state index contributed by atoms with van der Waals surface area (Å²) in [6.45, 7) is 2.59. The Balaban J connectivity index is 2.02. The van der Waals surface area contributed by atoms with Gasteiger partial charge < -0.3 is 15.8 Å². The number of aryl methyl sites for hydroxylation is 1. The highest BCUT2D eigenvalue weighted by Gasteiger charge is 2.23. The van der Waals surface area contributed by atoms with Crippen LogP contribution in [0.25, 0.3) is 0 Å². The van der Waals surface area contributed by atoms with Gasteiger partial charge in [0.1, 0.15) is 5.75 Å². The zero-order chi connectivity index (χ0) is 13.8. The summed E-state index contributed by atoms with van der Waals surface area (Å²) in [6.07, 6.45) is 2.91. The van der Waals surface area contributed by atoms with E-state index in [0.717, 1.165) is 40.6 Å². The second kappa shape index (κ2) is 6.39. The van der Waals surface area contributed by atoms with E-state index in [0.29, 0.717) is 12.6 Å². The van der Waals surface area contributed by atoms with E-state index < -0.39 is 0 Å². The van der Waals surface area contributed by atoms with E-state index in [9.17, 15) is 4.79 Å². The molecule has 1 saturated carbocycles. The molecule has 0 aromatic heterocycles. The van der Waals surface area contributed by atoms with Gasteiger partial charge in [-0.05, 0) is 56.0 Å². The van der Waals surface area contributed by atoms with Crippen molar-refractivity contribution in [1.29, 1.82) is 0 Å². The summed E-state index contributed by atoms with van der Waals surface area (Å²) >= 11 is 3.46. The maximum atomic E-state index is 11.6. The molecule has 1 amide bonds. The van der Waals surface area contributed by atoms with Gasteiger partial charge in [-0.25, -0.2) is 0 Å². The molecule has 2 rings (SSSR count). The van der Waals surface area contributed by atoms with Gasteiger partial charge in [0.25, 0.3) is 5.91 Å². The summed E-state index contributed by atoms with van der Waals surface area (Å²) in [5.74, 6) is 0.725. The minimum absolute atomic E-state index is 0.0523. The Labute approximate surface area is 121 Å². The minimum atomic E-state index is -0.0523. The van der Waals surface area contributed by atoms with Crippen molar-refractivity contribution >= 4 is 21.8 Å². The Bertz CT molecular complexity index is 473. The monoisotopic (exact) mass is 326 g/mol. The highest BCUT2D eigenvalue weighted by atomic mass is 79.9. The fraction of sp³-hybridized carbons (Fsp3) is 0.500. The van der Waals surface area contributed by atoms with Crippen LogP contribution >= 0.6 is 15.9 Å². The normalized spacial score (nSPS) is 14.3. The fourth-order valence-corrected chi connectivity index (χ4v) is 2.60. The molecule has 0 unspecified atom stereocenters. The van der Waals surface area contributed by atoms with Gasteiger partial charge in [-0.2, -0.15) is 0 Å². The smallest absolute Gasteiger partial charge is 0.258 e. The third-order valence-corrected chi connectivity index (χ3v) is 3.48. The molecule has 1 aromatic rings. The number of ether oxygens (including phenoxy) is 1. The summed E-state index contributed by atoms with van der Waals surface area (Å²) in [6, 6.07) is 4.34. The Hall–Kier alpha value is -1.07. The third-order valence-electron chi connectivity index (χ3n) is 3.02. The zero-order valence-corrected chi connectivity index (χ0v) is 12.6. The van der Waals surface area contributed by atoms with Crippen LogP contribution in [0, 0.1) is 6.92 Å². The van der Waals surface area contributed by atoms with Gasteiger partial charge in [0.2, 0.25) is 0 Å². The molecule has 0 spiro atoms. The van der Waals surface area contributed by atoms with Crippen molar-refractivity contribution < 1.29 is 9.53 Å². The van der Waals surface area contributed by atoms with Crippen LogP contribution < -0.4 is 15.8 Å². The molecule has 19 heavy (non-hydrogen) atoms. The number of hydrogen-bond acceptors (Lipinski definition) is 3. The molecule has 0 radical (unpaired) electrons. The molecule has 1 aliphatic carbocycles. The first kappa shape index (κ1) is 14.3.